The van der Waals surface area contributed by atoms with E-state index in [1.165, 1.54) is 83.5 Å². The van der Waals surface area contributed by atoms with E-state index < -0.39 is 24.2 Å². The minimum absolute atomic E-state index is 0.389. The summed E-state index contributed by atoms with van der Waals surface area (Å²) in [6.45, 7) is 4.10. The molecule has 0 aromatic heterocycles. The molecule has 0 bridgehead atoms. The number of nitrogens with one attached hydrogen (secondary N) is 1. The number of unbranched alkanes of at least 4 members (excludes halogenated alkanes) is 19. The number of carbonyl (C=O) groups excluding carboxylic acids is 1. The molecule has 0 aromatic rings. The van der Waals surface area contributed by atoms with Gasteiger partial charge < -0.3 is 20.6 Å². The van der Waals surface area contributed by atoms with Crippen LogP contribution in [0.15, 0.2) is 60.8 Å². The van der Waals surface area contributed by atoms with Crippen molar-refractivity contribution in [2.45, 2.75) is 193 Å². The first kappa shape index (κ1) is 45.0. The molecule has 1 amide bonds. The smallest absolute Gasteiger partial charge is 0.249 e. The van der Waals surface area contributed by atoms with Gasteiger partial charge in [-0.2, -0.15) is 0 Å². The molecule has 47 heavy (non-hydrogen) atoms. The lowest BCUT2D eigenvalue weighted by Gasteiger charge is -2.21. The number of aliphatic hydroxyl groups is 3. The van der Waals surface area contributed by atoms with E-state index in [2.05, 4.69) is 67.8 Å². The largest absolute Gasteiger partial charge is 0.394 e. The van der Waals surface area contributed by atoms with Crippen LogP contribution in [-0.4, -0.2) is 46.1 Å². The number of amides is 1. The molecule has 0 saturated carbocycles. The molecule has 0 heterocycles. The van der Waals surface area contributed by atoms with Crippen LogP contribution in [0, 0.1) is 0 Å². The van der Waals surface area contributed by atoms with Crippen molar-refractivity contribution in [1.82, 2.24) is 5.32 Å². The second-order valence-corrected chi connectivity index (χ2v) is 13.1. The molecule has 0 saturated heterocycles. The Kier molecular flexibility index (Phi) is 35.3. The number of allylic oxidation sites excluding steroid dienone is 9. The minimum Gasteiger partial charge on any atom is -0.394 e. The van der Waals surface area contributed by atoms with E-state index in [1.54, 1.807) is 6.08 Å². The van der Waals surface area contributed by atoms with Gasteiger partial charge in [-0.3, -0.25) is 4.79 Å². The third-order valence-corrected chi connectivity index (χ3v) is 8.59. The van der Waals surface area contributed by atoms with Crippen molar-refractivity contribution in [1.29, 1.82) is 0 Å². The van der Waals surface area contributed by atoms with Gasteiger partial charge >= 0.3 is 0 Å². The maximum Gasteiger partial charge on any atom is 0.249 e. The van der Waals surface area contributed by atoms with Crippen LogP contribution < -0.4 is 5.32 Å². The molecule has 0 fully saturated rings. The van der Waals surface area contributed by atoms with E-state index >= 15 is 0 Å². The van der Waals surface area contributed by atoms with Gasteiger partial charge in [0.1, 0.15) is 6.10 Å². The molecule has 5 heteroatoms. The van der Waals surface area contributed by atoms with Gasteiger partial charge in [0.25, 0.3) is 0 Å². The predicted octanol–water partition coefficient (Wildman–Crippen LogP) is 10.8. The number of hydrogen-bond donors (Lipinski definition) is 4. The average Bonchev–Trinajstić information content (AvgIpc) is 3.07. The highest BCUT2D eigenvalue weighted by Gasteiger charge is 2.22. The lowest BCUT2D eigenvalue weighted by atomic mass is 10.1. The summed E-state index contributed by atoms with van der Waals surface area (Å²) in [6, 6.07) is -0.828. The lowest BCUT2D eigenvalue weighted by Crippen LogP contribution is -2.48. The normalized spacial score (nSPS) is 14.4. The maximum absolute atomic E-state index is 12.4. The molecule has 0 radical (unpaired) electrons. The van der Waals surface area contributed by atoms with Crippen molar-refractivity contribution in [3.8, 4) is 0 Å². The molecule has 3 unspecified atom stereocenters. The monoisotopic (exact) mass is 658 g/mol. The van der Waals surface area contributed by atoms with Gasteiger partial charge in [0, 0.05) is 0 Å². The fraction of sp³-hybridized carbons (Fsp3) is 0.738. The van der Waals surface area contributed by atoms with Crippen molar-refractivity contribution in [2.75, 3.05) is 6.61 Å². The third kappa shape index (κ3) is 32.4. The molecule has 4 N–H and O–H groups in total. The molecular formula is C42H75NO4. The second kappa shape index (κ2) is 36.9. The molecule has 0 aliphatic heterocycles. The van der Waals surface area contributed by atoms with E-state index in [1.807, 2.05) is 6.08 Å². The van der Waals surface area contributed by atoms with Crippen LogP contribution in [-0.2, 0) is 4.79 Å². The summed E-state index contributed by atoms with van der Waals surface area (Å²) >= 11 is 0. The summed E-state index contributed by atoms with van der Waals surface area (Å²) in [5, 5.41) is 33.0. The first-order valence-corrected chi connectivity index (χ1v) is 19.6. The fourth-order valence-corrected chi connectivity index (χ4v) is 5.44. The van der Waals surface area contributed by atoms with Crippen molar-refractivity contribution in [2.24, 2.45) is 0 Å². The number of hydrogen-bond acceptors (Lipinski definition) is 4. The fourth-order valence-electron chi connectivity index (χ4n) is 5.44. The Balaban J connectivity index is 3.85. The lowest BCUT2D eigenvalue weighted by molar-refractivity contribution is -0.131. The van der Waals surface area contributed by atoms with Gasteiger partial charge in [-0.05, 0) is 70.6 Å². The van der Waals surface area contributed by atoms with E-state index in [0.717, 1.165) is 70.6 Å². The van der Waals surface area contributed by atoms with E-state index in [0.29, 0.717) is 6.42 Å². The van der Waals surface area contributed by atoms with Gasteiger partial charge in [0.05, 0.1) is 18.8 Å². The van der Waals surface area contributed by atoms with E-state index in [9.17, 15) is 20.1 Å². The summed E-state index contributed by atoms with van der Waals surface area (Å²) in [6.07, 6.45) is 48.1. The molecule has 0 rings (SSSR count). The Hall–Kier alpha value is -1.95. The van der Waals surface area contributed by atoms with Crippen molar-refractivity contribution in [3.63, 3.8) is 0 Å². The summed E-state index contributed by atoms with van der Waals surface area (Å²) in [4.78, 5) is 12.4. The van der Waals surface area contributed by atoms with E-state index in [-0.39, 0.29) is 6.61 Å². The van der Waals surface area contributed by atoms with Gasteiger partial charge in [-0.15, -0.1) is 0 Å². The second-order valence-electron chi connectivity index (χ2n) is 13.1. The molecule has 0 spiro atoms. The van der Waals surface area contributed by atoms with Gasteiger partial charge in [-0.25, -0.2) is 0 Å². The molecule has 0 aliphatic carbocycles. The Bertz CT molecular complexity index is 815. The highest BCUT2D eigenvalue weighted by molar-refractivity contribution is 5.80. The third-order valence-electron chi connectivity index (χ3n) is 8.59. The van der Waals surface area contributed by atoms with Crippen LogP contribution in [0.5, 0.6) is 0 Å². The van der Waals surface area contributed by atoms with Crippen LogP contribution in [0.4, 0.5) is 0 Å². The Morgan fingerprint density at radius 1 is 0.532 bits per heavy atom. The van der Waals surface area contributed by atoms with Crippen molar-refractivity contribution in [3.05, 3.63) is 60.8 Å². The van der Waals surface area contributed by atoms with Gasteiger partial charge in [-0.1, -0.05) is 164 Å². The maximum atomic E-state index is 12.4. The average molecular weight is 658 g/mol. The van der Waals surface area contributed by atoms with Crippen LogP contribution in [0.3, 0.4) is 0 Å². The zero-order chi connectivity index (χ0) is 34.5. The first-order valence-electron chi connectivity index (χ1n) is 19.6. The Labute approximate surface area is 290 Å². The molecule has 272 valence electrons. The number of rotatable bonds is 34. The minimum atomic E-state index is -1.12. The van der Waals surface area contributed by atoms with Crippen LogP contribution in [0.2, 0.25) is 0 Å². The summed E-state index contributed by atoms with van der Waals surface area (Å²) < 4.78 is 0. The molecule has 3 atom stereocenters. The predicted molar refractivity (Wildman–Crippen MR) is 204 cm³/mol. The van der Waals surface area contributed by atoms with Crippen LogP contribution in [0.25, 0.3) is 0 Å². The van der Waals surface area contributed by atoms with Crippen LogP contribution >= 0.6 is 0 Å². The molecule has 0 aromatic carbocycles. The van der Waals surface area contributed by atoms with Gasteiger partial charge in [0.15, 0.2) is 0 Å². The summed E-state index contributed by atoms with van der Waals surface area (Å²) in [5.74, 6) is -0.533. The first-order chi connectivity index (χ1) is 23.1. The Morgan fingerprint density at radius 2 is 0.936 bits per heavy atom. The summed E-state index contributed by atoms with van der Waals surface area (Å²) in [5.41, 5.74) is 0. The Morgan fingerprint density at radius 3 is 1.47 bits per heavy atom. The topological polar surface area (TPSA) is 89.8 Å². The SMILES string of the molecule is CCCCC/C=C\C=C/CCCCCCCC(O)C(=O)NC(CO)C(O)/C=C/CC/C=C/CC/C=C/CCCCCCCCCCC. The molecule has 0 aliphatic rings. The standard InChI is InChI=1S/C42H75NO4/c1-3-5-7-9-11-13-15-17-19-20-21-22-23-25-26-28-30-32-34-36-40(45)39(38-44)43-42(47)41(46)37-35-33-31-29-27-24-18-16-14-12-10-8-6-4-2/h12,14,16,18,21-22,26,28,34,36,39-41,44-46H,3-11,13,15,17,19-20,23-25,27,29-33,35,37-38H2,1-2H3,(H,43,47)/b14-12-,18-16-,22-21+,28-26+,36-34+. The number of aliphatic hydroxyl groups excluding tert-OH is 3. The van der Waals surface area contributed by atoms with E-state index in [4.69, 9.17) is 0 Å². The quantitative estimate of drug-likeness (QED) is 0.0315. The summed E-state index contributed by atoms with van der Waals surface area (Å²) in [7, 11) is 0. The number of carbonyl (C=O) groups is 1. The van der Waals surface area contributed by atoms with Gasteiger partial charge in [0.2, 0.25) is 5.91 Å². The zero-order valence-electron chi connectivity index (χ0n) is 30.6. The highest BCUT2D eigenvalue weighted by atomic mass is 16.3. The molecule has 5 nitrogen and oxygen atoms in total. The zero-order valence-corrected chi connectivity index (χ0v) is 30.6. The highest BCUT2D eigenvalue weighted by Crippen LogP contribution is 2.12. The van der Waals surface area contributed by atoms with Crippen molar-refractivity contribution < 1.29 is 20.1 Å². The van der Waals surface area contributed by atoms with Crippen molar-refractivity contribution >= 4 is 5.91 Å². The molecular weight excluding hydrogens is 582 g/mol. The van der Waals surface area contributed by atoms with Crippen LogP contribution in [0.1, 0.15) is 174 Å².